The Bertz CT molecular complexity index is 446. The van der Waals surface area contributed by atoms with Gasteiger partial charge in [-0.15, -0.1) is 0 Å². The molecule has 0 aromatic carbocycles. The Morgan fingerprint density at radius 3 is 2.43 bits per heavy atom. The molecule has 1 aromatic heterocycles. The van der Waals surface area contributed by atoms with Crippen molar-refractivity contribution in [3.05, 3.63) is 18.0 Å². The van der Waals surface area contributed by atoms with Gasteiger partial charge in [0.2, 0.25) is 10.0 Å². The molecule has 0 unspecified atom stereocenters. The van der Waals surface area contributed by atoms with Gasteiger partial charge >= 0.3 is 5.97 Å². The molecule has 0 radical (unpaired) electrons. The second-order valence-electron chi connectivity index (χ2n) is 2.84. The van der Waals surface area contributed by atoms with Gasteiger partial charge in [-0.3, -0.25) is 0 Å². The van der Waals surface area contributed by atoms with Crippen molar-refractivity contribution < 1.29 is 18.3 Å². The number of nitrogens with one attached hydrogen (secondary N) is 1. The molecular formula is C7H10N2O4S. The Hall–Kier alpha value is -1.34. The summed E-state index contributed by atoms with van der Waals surface area (Å²) < 4.78 is 24.0. The molecule has 0 bridgehead atoms. The molecule has 0 spiro atoms. The first-order valence-electron chi connectivity index (χ1n) is 3.70. The number of H-pyrrole nitrogens is 1. The zero-order valence-electron chi connectivity index (χ0n) is 7.68. The summed E-state index contributed by atoms with van der Waals surface area (Å²) >= 11 is 0. The maximum Gasteiger partial charge on any atom is 0.352 e. The molecule has 0 aliphatic heterocycles. The average molecular weight is 218 g/mol. The van der Waals surface area contributed by atoms with E-state index in [0.29, 0.717) is 0 Å². The summed E-state index contributed by atoms with van der Waals surface area (Å²) in [4.78, 5) is 12.8. The Kier molecular flexibility index (Phi) is 2.63. The highest BCUT2D eigenvalue weighted by Crippen LogP contribution is 2.13. The van der Waals surface area contributed by atoms with Gasteiger partial charge in [-0.05, 0) is 6.07 Å². The fourth-order valence-electron chi connectivity index (χ4n) is 0.858. The molecule has 0 fully saturated rings. The molecule has 0 amide bonds. The second kappa shape index (κ2) is 3.43. The molecule has 0 saturated heterocycles. The molecule has 14 heavy (non-hydrogen) atoms. The molecule has 6 nitrogen and oxygen atoms in total. The number of aromatic carboxylic acids is 1. The lowest BCUT2D eigenvalue weighted by Crippen LogP contribution is -2.21. The molecule has 1 heterocycles. The zero-order valence-corrected chi connectivity index (χ0v) is 8.50. The van der Waals surface area contributed by atoms with Crippen LogP contribution in [0.3, 0.4) is 0 Å². The zero-order chi connectivity index (χ0) is 10.9. The van der Waals surface area contributed by atoms with Crippen molar-refractivity contribution in [3.63, 3.8) is 0 Å². The number of nitrogens with zero attached hydrogens (tertiary/aromatic N) is 1. The third kappa shape index (κ3) is 1.78. The van der Waals surface area contributed by atoms with Gasteiger partial charge in [-0.1, -0.05) is 0 Å². The number of carboxylic acids is 1. The maximum absolute atomic E-state index is 11.5. The van der Waals surface area contributed by atoms with Crippen LogP contribution in [-0.4, -0.2) is 42.9 Å². The fourth-order valence-corrected chi connectivity index (χ4v) is 1.75. The normalized spacial score (nSPS) is 11.9. The van der Waals surface area contributed by atoms with Crippen LogP contribution in [0.4, 0.5) is 0 Å². The SMILES string of the molecule is CN(C)S(=O)(=O)c1c[nH]c(C(=O)O)c1. The van der Waals surface area contributed by atoms with E-state index in [2.05, 4.69) is 4.98 Å². The molecule has 1 rings (SSSR count). The van der Waals surface area contributed by atoms with Crippen LogP contribution >= 0.6 is 0 Å². The minimum Gasteiger partial charge on any atom is -0.477 e. The molecule has 0 saturated carbocycles. The summed E-state index contributed by atoms with van der Waals surface area (Å²) in [5.41, 5.74) is -0.148. The number of sulfonamides is 1. The predicted molar refractivity (Wildman–Crippen MR) is 48.6 cm³/mol. The van der Waals surface area contributed by atoms with Crippen LogP contribution in [0.15, 0.2) is 17.2 Å². The van der Waals surface area contributed by atoms with E-state index in [4.69, 9.17) is 5.11 Å². The van der Waals surface area contributed by atoms with Gasteiger partial charge in [0.05, 0.1) is 0 Å². The van der Waals surface area contributed by atoms with Crippen LogP contribution in [-0.2, 0) is 10.0 Å². The monoisotopic (exact) mass is 218 g/mol. The van der Waals surface area contributed by atoms with E-state index in [1.54, 1.807) is 0 Å². The Morgan fingerprint density at radius 1 is 1.50 bits per heavy atom. The Labute approximate surface area is 81.2 Å². The van der Waals surface area contributed by atoms with Crippen molar-refractivity contribution in [1.82, 2.24) is 9.29 Å². The lowest BCUT2D eigenvalue weighted by molar-refractivity contribution is 0.0691. The summed E-state index contributed by atoms with van der Waals surface area (Å²) in [6.45, 7) is 0. The highest BCUT2D eigenvalue weighted by Gasteiger charge is 2.20. The molecule has 2 N–H and O–H groups in total. The first-order valence-corrected chi connectivity index (χ1v) is 5.14. The van der Waals surface area contributed by atoms with E-state index < -0.39 is 16.0 Å². The minimum atomic E-state index is -3.55. The van der Waals surface area contributed by atoms with Crippen LogP contribution in [0, 0.1) is 0 Å². The smallest absolute Gasteiger partial charge is 0.352 e. The number of rotatable bonds is 3. The summed E-state index contributed by atoms with van der Waals surface area (Å²) in [5, 5.41) is 8.56. The van der Waals surface area contributed by atoms with Crippen molar-refractivity contribution >= 4 is 16.0 Å². The molecule has 78 valence electrons. The van der Waals surface area contributed by atoms with Gasteiger partial charge in [0, 0.05) is 20.3 Å². The van der Waals surface area contributed by atoms with Crippen LogP contribution < -0.4 is 0 Å². The largest absolute Gasteiger partial charge is 0.477 e. The van der Waals surface area contributed by atoms with E-state index in [0.717, 1.165) is 16.6 Å². The summed E-state index contributed by atoms with van der Waals surface area (Å²) in [6, 6.07) is 1.08. The van der Waals surface area contributed by atoms with Gasteiger partial charge in [0.1, 0.15) is 10.6 Å². The third-order valence-electron chi connectivity index (χ3n) is 1.67. The van der Waals surface area contributed by atoms with Gasteiger partial charge in [0.25, 0.3) is 0 Å². The summed E-state index contributed by atoms with van der Waals surface area (Å²) in [6.07, 6.45) is 1.15. The van der Waals surface area contributed by atoms with E-state index in [9.17, 15) is 13.2 Å². The topological polar surface area (TPSA) is 90.5 Å². The van der Waals surface area contributed by atoms with Crippen molar-refractivity contribution in [2.75, 3.05) is 14.1 Å². The Morgan fingerprint density at radius 2 is 2.07 bits per heavy atom. The number of aromatic nitrogens is 1. The van der Waals surface area contributed by atoms with Crippen LogP contribution in [0.5, 0.6) is 0 Å². The van der Waals surface area contributed by atoms with Gasteiger partial charge in [0.15, 0.2) is 0 Å². The number of carboxylic acid groups (broad SMARTS) is 1. The van der Waals surface area contributed by atoms with Crippen molar-refractivity contribution in [1.29, 1.82) is 0 Å². The van der Waals surface area contributed by atoms with Crippen molar-refractivity contribution in [2.45, 2.75) is 4.90 Å². The van der Waals surface area contributed by atoms with Crippen LogP contribution in [0.25, 0.3) is 0 Å². The highest BCUT2D eigenvalue weighted by atomic mass is 32.2. The number of carbonyl (C=O) groups is 1. The fraction of sp³-hybridized carbons (Fsp3) is 0.286. The molecule has 1 aromatic rings. The molecule has 0 aliphatic rings. The minimum absolute atomic E-state index is 0.0556. The molecular weight excluding hydrogens is 208 g/mol. The lowest BCUT2D eigenvalue weighted by atomic mass is 10.4. The van der Waals surface area contributed by atoms with Crippen molar-refractivity contribution in [2.24, 2.45) is 0 Å². The predicted octanol–water partition coefficient (Wildman–Crippen LogP) is -0.0368. The summed E-state index contributed by atoms with van der Waals surface area (Å²) in [5.74, 6) is -1.19. The first-order chi connectivity index (χ1) is 6.35. The quantitative estimate of drug-likeness (QED) is 0.745. The lowest BCUT2D eigenvalue weighted by Gasteiger charge is -2.08. The van der Waals surface area contributed by atoms with E-state index in [-0.39, 0.29) is 10.6 Å². The maximum atomic E-state index is 11.5. The highest BCUT2D eigenvalue weighted by molar-refractivity contribution is 7.89. The standard InChI is InChI=1S/C7H10N2O4S/c1-9(2)14(12,13)5-3-6(7(10)11)8-4-5/h3-4,8H,1-2H3,(H,10,11). The summed E-state index contributed by atoms with van der Waals surface area (Å²) in [7, 11) is -0.795. The first kappa shape index (κ1) is 10.7. The average Bonchev–Trinajstić information content (AvgIpc) is 2.51. The van der Waals surface area contributed by atoms with E-state index in [1.807, 2.05) is 0 Å². The molecule has 0 atom stereocenters. The second-order valence-corrected chi connectivity index (χ2v) is 4.99. The van der Waals surface area contributed by atoms with Crippen molar-refractivity contribution in [3.8, 4) is 0 Å². The third-order valence-corrected chi connectivity index (χ3v) is 3.46. The van der Waals surface area contributed by atoms with Gasteiger partial charge < -0.3 is 10.1 Å². The molecule has 7 heteroatoms. The van der Waals surface area contributed by atoms with Crippen LogP contribution in [0.1, 0.15) is 10.5 Å². The Balaban J connectivity index is 3.16. The van der Waals surface area contributed by atoms with E-state index >= 15 is 0 Å². The molecule has 0 aliphatic carbocycles. The van der Waals surface area contributed by atoms with E-state index in [1.165, 1.54) is 14.1 Å². The van der Waals surface area contributed by atoms with Gasteiger partial charge in [-0.25, -0.2) is 17.5 Å². The van der Waals surface area contributed by atoms with Crippen LogP contribution in [0.2, 0.25) is 0 Å². The number of hydrogen-bond donors (Lipinski definition) is 2. The number of hydrogen-bond acceptors (Lipinski definition) is 3. The van der Waals surface area contributed by atoms with Gasteiger partial charge in [-0.2, -0.15) is 0 Å². The number of aromatic amines is 1.